The largest absolute Gasteiger partial charge is 0.478 e. The van der Waals surface area contributed by atoms with Crippen molar-refractivity contribution in [3.8, 4) is 5.75 Å². The average Bonchev–Trinajstić information content (AvgIpc) is 2.78. The van der Waals surface area contributed by atoms with Crippen LogP contribution in [-0.4, -0.2) is 39.8 Å². The summed E-state index contributed by atoms with van der Waals surface area (Å²) in [5, 5.41) is 4.10. The zero-order valence-electron chi connectivity index (χ0n) is 11.0. The molecule has 1 rings (SSSR count). The van der Waals surface area contributed by atoms with Crippen LogP contribution in [0, 0.1) is 0 Å². The maximum Gasteiger partial charge on any atom is 0.263 e. The van der Waals surface area contributed by atoms with E-state index in [1.54, 1.807) is 28.9 Å². The number of amides is 1. The summed E-state index contributed by atoms with van der Waals surface area (Å²) >= 11 is 0. The molecule has 0 saturated carbocycles. The third-order valence-corrected chi connectivity index (χ3v) is 2.67. The van der Waals surface area contributed by atoms with Gasteiger partial charge in [0.05, 0.1) is 12.4 Å². The van der Waals surface area contributed by atoms with Gasteiger partial charge in [-0.3, -0.25) is 9.48 Å². The first kappa shape index (κ1) is 13.5. The zero-order chi connectivity index (χ0) is 12.8. The van der Waals surface area contributed by atoms with Crippen molar-refractivity contribution in [3.05, 3.63) is 12.4 Å². The summed E-state index contributed by atoms with van der Waals surface area (Å²) in [6, 6.07) is 0. The van der Waals surface area contributed by atoms with Crippen molar-refractivity contribution in [2.45, 2.75) is 40.3 Å². The lowest BCUT2D eigenvalue weighted by atomic mass is 10.3. The Kier molecular flexibility index (Phi) is 5.00. The molecule has 1 amide bonds. The van der Waals surface area contributed by atoms with E-state index in [2.05, 4.69) is 5.10 Å². The minimum atomic E-state index is -0.468. The van der Waals surface area contributed by atoms with Crippen molar-refractivity contribution in [2.75, 3.05) is 13.1 Å². The smallest absolute Gasteiger partial charge is 0.263 e. The van der Waals surface area contributed by atoms with Crippen LogP contribution in [0.3, 0.4) is 0 Å². The molecule has 0 aliphatic heterocycles. The summed E-state index contributed by atoms with van der Waals surface area (Å²) in [4.78, 5) is 13.7. The van der Waals surface area contributed by atoms with Gasteiger partial charge < -0.3 is 9.64 Å². The van der Waals surface area contributed by atoms with Gasteiger partial charge in [-0.15, -0.1) is 0 Å². The fourth-order valence-corrected chi connectivity index (χ4v) is 1.63. The van der Waals surface area contributed by atoms with Crippen LogP contribution in [0.2, 0.25) is 0 Å². The number of carbonyl (C=O) groups is 1. The van der Waals surface area contributed by atoms with Crippen LogP contribution in [0.4, 0.5) is 0 Å². The Morgan fingerprint density at radius 2 is 2.12 bits per heavy atom. The molecule has 0 aromatic carbocycles. The molecule has 1 aromatic heterocycles. The van der Waals surface area contributed by atoms with Gasteiger partial charge in [-0.2, -0.15) is 5.10 Å². The second kappa shape index (κ2) is 6.27. The summed E-state index contributed by atoms with van der Waals surface area (Å²) in [6.07, 6.45) is 2.96. The molecule has 0 bridgehead atoms. The number of nitrogens with zero attached hydrogens (tertiary/aromatic N) is 3. The Hall–Kier alpha value is -1.52. The maximum absolute atomic E-state index is 12.0. The summed E-state index contributed by atoms with van der Waals surface area (Å²) in [5.41, 5.74) is 0. The standard InChI is InChI=1S/C12H21N3O2/c1-5-14(6-2)12(16)10(4)17-11-8-13-15(7-3)9-11/h8-10H,5-7H2,1-4H3. The molecule has 96 valence electrons. The molecular formula is C12H21N3O2. The number of aromatic nitrogens is 2. The molecule has 17 heavy (non-hydrogen) atoms. The SMILES string of the molecule is CCN(CC)C(=O)C(C)Oc1cnn(CC)c1. The van der Waals surface area contributed by atoms with E-state index in [1.165, 1.54) is 0 Å². The van der Waals surface area contributed by atoms with Crippen LogP contribution in [-0.2, 0) is 11.3 Å². The quantitative estimate of drug-likeness (QED) is 0.756. The molecule has 0 saturated heterocycles. The molecule has 5 nitrogen and oxygen atoms in total. The van der Waals surface area contributed by atoms with Gasteiger partial charge in [0.25, 0.3) is 5.91 Å². The van der Waals surface area contributed by atoms with Gasteiger partial charge >= 0.3 is 0 Å². The van der Waals surface area contributed by atoms with Gasteiger partial charge in [0.2, 0.25) is 0 Å². The lowest BCUT2D eigenvalue weighted by Gasteiger charge is -2.22. The third-order valence-electron chi connectivity index (χ3n) is 2.67. The Balaban J connectivity index is 2.58. The molecule has 0 aliphatic rings. The lowest BCUT2D eigenvalue weighted by molar-refractivity contribution is -0.137. The topological polar surface area (TPSA) is 47.4 Å². The van der Waals surface area contributed by atoms with E-state index < -0.39 is 6.10 Å². The first-order valence-electron chi connectivity index (χ1n) is 6.10. The fourth-order valence-electron chi connectivity index (χ4n) is 1.63. The summed E-state index contributed by atoms with van der Waals surface area (Å²) in [5.74, 6) is 0.652. The second-order valence-corrected chi connectivity index (χ2v) is 3.80. The van der Waals surface area contributed by atoms with E-state index in [0.717, 1.165) is 6.54 Å². The Bertz CT molecular complexity index is 358. The van der Waals surface area contributed by atoms with Gasteiger partial charge in [0.1, 0.15) is 0 Å². The van der Waals surface area contributed by atoms with Crippen LogP contribution in [0.1, 0.15) is 27.7 Å². The molecule has 0 aliphatic carbocycles. The molecule has 1 heterocycles. The Morgan fingerprint density at radius 3 is 2.59 bits per heavy atom. The van der Waals surface area contributed by atoms with Crippen LogP contribution in [0.15, 0.2) is 12.4 Å². The van der Waals surface area contributed by atoms with Crippen molar-refractivity contribution in [1.82, 2.24) is 14.7 Å². The first-order valence-corrected chi connectivity index (χ1v) is 6.10. The van der Waals surface area contributed by atoms with Crippen molar-refractivity contribution >= 4 is 5.91 Å². The van der Waals surface area contributed by atoms with E-state index in [-0.39, 0.29) is 5.91 Å². The number of likely N-dealkylation sites (N-methyl/N-ethyl adjacent to an activating group) is 1. The summed E-state index contributed by atoms with van der Waals surface area (Å²) in [7, 11) is 0. The monoisotopic (exact) mass is 239 g/mol. The van der Waals surface area contributed by atoms with Gasteiger partial charge in [-0.1, -0.05) is 0 Å². The average molecular weight is 239 g/mol. The number of rotatable bonds is 6. The Morgan fingerprint density at radius 1 is 1.47 bits per heavy atom. The highest BCUT2D eigenvalue weighted by Gasteiger charge is 2.20. The Labute approximate surface area is 102 Å². The molecular weight excluding hydrogens is 218 g/mol. The van der Waals surface area contributed by atoms with Crippen LogP contribution in [0.25, 0.3) is 0 Å². The minimum Gasteiger partial charge on any atom is -0.478 e. The fraction of sp³-hybridized carbons (Fsp3) is 0.667. The predicted molar refractivity (Wildman–Crippen MR) is 65.9 cm³/mol. The number of hydrogen-bond donors (Lipinski definition) is 0. The van der Waals surface area contributed by atoms with Crippen molar-refractivity contribution in [1.29, 1.82) is 0 Å². The van der Waals surface area contributed by atoms with Crippen LogP contribution < -0.4 is 4.74 Å². The number of aryl methyl sites for hydroxylation is 1. The lowest BCUT2D eigenvalue weighted by Crippen LogP contribution is -2.40. The van der Waals surface area contributed by atoms with Gasteiger partial charge in [-0.25, -0.2) is 0 Å². The first-order chi connectivity index (χ1) is 8.12. The van der Waals surface area contributed by atoms with E-state index >= 15 is 0 Å². The van der Waals surface area contributed by atoms with Crippen molar-refractivity contribution in [2.24, 2.45) is 0 Å². The van der Waals surface area contributed by atoms with Crippen LogP contribution in [0.5, 0.6) is 5.75 Å². The van der Waals surface area contributed by atoms with Crippen molar-refractivity contribution in [3.63, 3.8) is 0 Å². The zero-order valence-corrected chi connectivity index (χ0v) is 11.0. The molecule has 1 atom stereocenters. The molecule has 1 unspecified atom stereocenters. The molecule has 0 N–H and O–H groups in total. The molecule has 1 aromatic rings. The minimum absolute atomic E-state index is 0.0132. The highest BCUT2D eigenvalue weighted by Crippen LogP contribution is 2.11. The third kappa shape index (κ3) is 3.47. The van der Waals surface area contributed by atoms with E-state index in [4.69, 9.17) is 4.74 Å². The second-order valence-electron chi connectivity index (χ2n) is 3.80. The number of hydrogen-bond acceptors (Lipinski definition) is 3. The highest BCUT2D eigenvalue weighted by atomic mass is 16.5. The van der Waals surface area contributed by atoms with Gasteiger partial charge in [0.15, 0.2) is 11.9 Å². The van der Waals surface area contributed by atoms with Gasteiger partial charge in [-0.05, 0) is 27.7 Å². The predicted octanol–water partition coefficient (Wildman–Crippen LogP) is 1.54. The van der Waals surface area contributed by atoms with Crippen LogP contribution >= 0.6 is 0 Å². The normalized spacial score (nSPS) is 12.2. The van der Waals surface area contributed by atoms with E-state index in [1.807, 2.05) is 20.8 Å². The molecule has 0 fully saturated rings. The molecule has 0 spiro atoms. The molecule has 5 heteroatoms. The number of ether oxygens (including phenoxy) is 1. The number of carbonyl (C=O) groups excluding carboxylic acids is 1. The summed E-state index contributed by atoms with van der Waals surface area (Å²) < 4.78 is 7.34. The summed E-state index contributed by atoms with van der Waals surface area (Å²) in [6.45, 7) is 9.90. The van der Waals surface area contributed by atoms with E-state index in [0.29, 0.717) is 18.8 Å². The van der Waals surface area contributed by atoms with E-state index in [9.17, 15) is 4.79 Å². The van der Waals surface area contributed by atoms with Crippen molar-refractivity contribution < 1.29 is 9.53 Å². The highest BCUT2D eigenvalue weighted by molar-refractivity contribution is 5.80. The maximum atomic E-state index is 12.0. The molecule has 0 radical (unpaired) electrons. The van der Waals surface area contributed by atoms with Gasteiger partial charge in [0, 0.05) is 19.6 Å².